The molecule has 94 valence electrons. The van der Waals surface area contributed by atoms with Crippen LogP contribution in [0.1, 0.15) is 22.3 Å². The maximum Gasteiger partial charge on any atom is 0.420 e. The Kier molecular flexibility index (Phi) is 2.21. The number of rotatable bonds is 0. The van der Waals surface area contributed by atoms with Gasteiger partial charge in [0.1, 0.15) is 28.7 Å². The van der Waals surface area contributed by atoms with Crippen LogP contribution in [0.15, 0.2) is 0 Å². The zero-order valence-corrected chi connectivity index (χ0v) is 9.23. The monoisotopic (exact) mass is 255 g/mol. The molecule has 3 rings (SSSR count). The van der Waals surface area contributed by atoms with Crippen molar-refractivity contribution in [3.05, 3.63) is 22.3 Å². The molecule has 0 aliphatic carbocycles. The van der Waals surface area contributed by atoms with E-state index in [4.69, 9.17) is 14.7 Å². The highest BCUT2D eigenvalue weighted by atomic mass is 19.4. The number of nitrogens with zero attached hydrogens (tertiary/aromatic N) is 1. The third-order valence-electron chi connectivity index (χ3n) is 3.20. The van der Waals surface area contributed by atoms with Gasteiger partial charge in [-0.2, -0.15) is 18.4 Å². The third kappa shape index (κ3) is 1.37. The average molecular weight is 255 g/mol. The molecule has 2 heterocycles. The Morgan fingerprint density at radius 3 is 2.22 bits per heavy atom. The predicted octanol–water partition coefficient (Wildman–Crippen LogP) is 2.45. The molecule has 18 heavy (non-hydrogen) atoms. The highest BCUT2D eigenvalue weighted by Crippen LogP contribution is 2.50. The molecule has 0 spiro atoms. The Morgan fingerprint density at radius 1 is 1.00 bits per heavy atom. The van der Waals surface area contributed by atoms with E-state index in [9.17, 15) is 13.2 Å². The second-order valence-corrected chi connectivity index (χ2v) is 4.17. The third-order valence-corrected chi connectivity index (χ3v) is 3.20. The van der Waals surface area contributed by atoms with Gasteiger partial charge in [-0.1, -0.05) is 0 Å². The topological polar surface area (TPSA) is 42.2 Å². The van der Waals surface area contributed by atoms with Gasteiger partial charge in [0.2, 0.25) is 0 Å². The van der Waals surface area contributed by atoms with Crippen LogP contribution in [0.4, 0.5) is 13.2 Å². The lowest BCUT2D eigenvalue weighted by Gasteiger charge is -2.16. The first kappa shape index (κ1) is 11.2. The zero-order chi connectivity index (χ0) is 12.9. The quantitative estimate of drug-likeness (QED) is 0.715. The van der Waals surface area contributed by atoms with Crippen molar-refractivity contribution in [3.63, 3.8) is 0 Å². The number of fused-ring (bicyclic) bond motifs is 2. The fraction of sp³-hybridized carbons (Fsp3) is 0.417. The predicted molar refractivity (Wildman–Crippen MR) is 54.6 cm³/mol. The normalized spacial score (nSPS) is 16.6. The van der Waals surface area contributed by atoms with Crippen molar-refractivity contribution in [2.24, 2.45) is 0 Å². The fourth-order valence-corrected chi connectivity index (χ4v) is 2.53. The molecular weight excluding hydrogens is 247 g/mol. The molecule has 0 atom stereocenters. The van der Waals surface area contributed by atoms with Crippen LogP contribution in [0.25, 0.3) is 0 Å². The maximum absolute atomic E-state index is 13.1. The molecule has 0 radical (unpaired) electrons. The summed E-state index contributed by atoms with van der Waals surface area (Å²) in [5.41, 5.74) is -0.185. The second-order valence-electron chi connectivity index (χ2n) is 4.17. The van der Waals surface area contributed by atoms with Crippen molar-refractivity contribution in [1.29, 1.82) is 5.26 Å². The summed E-state index contributed by atoms with van der Waals surface area (Å²) in [5.74, 6) is -0.0858. The molecule has 3 nitrogen and oxygen atoms in total. The molecule has 0 aromatic heterocycles. The van der Waals surface area contributed by atoms with Gasteiger partial charge in [-0.3, -0.25) is 0 Å². The van der Waals surface area contributed by atoms with Crippen molar-refractivity contribution in [2.75, 3.05) is 13.2 Å². The van der Waals surface area contributed by atoms with E-state index in [2.05, 4.69) is 0 Å². The number of halogens is 3. The summed E-state index contributed by atoms with van der Waals surface area (Å²) in [6.45, 7) is 0.353. The summed E-state index contributed by atoms with van der Waals surface area (Å²) in [5, 5.41) is 9.09. The van der Waals surface area contributed by atoms with E-state index in [1.807, 2.05) is 6.07 Å². The number of alkyl halides is 3. The standard InChI is InChI=1S/C12H8F3NO2/c13-12(14,15)9-7-2-4-17-10(7)8(5-16)6-1-3-18-11(6)9/h1-4H2. The van der Waals surface area contributed by atoms with Crippen LogP contribution in [-0.2, 0) is 19.0 Å². The van der Waals surface area contributed by atoms with E-state index in [0.717, 1.165) is 0 Å². The summed E-state index contributed by atoms with van der Waals surface area (Å²) >= 11 is 0. The Balaban J connectivity index is 2.38. The summed E-state index contributed by atoms with van der Waals surface area (Å²) in [7, 11) is 0. The first-order valence-electron chi connectivity index (χ1n) is 5.48. The minimum atomic E-state index is -4.49. The summed E-state index contributed by atoms with van der Waals surface area (Å²) in [4.78, 5) is 0. The smallest absolute Gasteiger partial charge is 0.420 e. The van der Waals surface area contributed by atoms with E-state index in [-0.39, 0.29) is 42.3 Å². The SMILES string of the molecule is N#Cc1c2c(c(C(F)(F)F)c3c1OCC3)OCC2. The van der Waals surface area contributed by atoms with Crippen LogP contribution >= 0.6 is 0 Å². The number of ether oxygens (including phenoxy) is 2. The zero-order valence-electron chi connectivity index (χ0n) is 9.23. The van der Waals surface area contributed by atoms with Crippen LogP contribution in [0, 0.1) is 11.3 Å². The van der Waals surface area contributed by atoms with Gasteiger partial charge in [0.25, 0.3) is 0 Å². The van der Waals surface area contributed by atoms with E-state index >= 15 is 0 Å². The average Bonchev–Trinajstić information content (AvgIpc) is 2.90. The summed E-state index contributed by atoms with van der Waals surface area (Å²) < 4.78 is 49.6. The van der Waals surface area contributed by atoms with E-state index in [0.29, 0.717) is 12.0 Å². The van der Waals surface area contributed by atoms with Gasteiger partial charge in [0.05, 0.1) is 13.2 Å². The Morgan fingerprint density at radius 2 is 1.61 bits per heavy atom. The Bertz CT molecular complexity index is 537. The minimum Gasteiger partial charge on any atom is -0.492 e. The lowest BCUT2D eigenvalue weighted by Crippen LogP contribution is -2.11. The van der Waals surface area contributed by atoms with Crippen LogP contribution in [0.3, 0.4) is 0 Å². The molecule has 0 saturated heterocycles. The molecule has 0 saturated carbocycles. The van der Waals surface area contributed by atoms with Crippen molar-refractivity contribution < 1.29 is 22.6 Å². The molecule has 1 aromatic rings. The molecule has 6 heteroatoms. The highest BCUT2D eigenvalue weighted by molar-refractivity contribution is 5.66. The van der Waals surface area contributed by atoms with Gasteiger partial charge in [-0.25, -0.2) is 0 Å². The molecule has 0 fully saturated rings. The van der Waals surface area contributed by atoms with Crippen molar-refractivity contribution >= 4 is 0 Å². The van der Waals surface area contributed by atoms with Gasteiger partial charge in [0.15, 0.2) is 0 Å². The lowest BCUT2D eigenvalue weighted by atomic mass is 9.94. The molecule has 0 amide bonds. The minimum absolute atomic E-state index is 0.0553. The van der Waals surface area contributed by atoms with Gasteiger partial charge in [-0.15, -0.1) is 0 Å². The molecule has 0 N–H and O–H groups in total. The van der Waals surface area contributed by atoms with Gasteiger partial charge in [-0.05, 0) is 0 Å². The first-order valence-corrected chi connectivity index (χ1v) is 5.48. The van der Waals surface area contributed by atoms with E-state index in [1.165, 1.54) is 0 Å². The molecule has 0 bridgehead atoms. The number of benzene rings is 1. The summed E-state index contributed by atoms with van der Waals surface area (Å²) in [6, 6.07) is 1.93. The number of hydrogen-bond donors (Lipinski definition) is 0. The molecule has 2 aliphatic heterocycles. The number of nitriles is 1. The Hall–Kier alpha value is -1.90. The summed E-state index contributed by atoms with van der Waals surface area (Å²) in [6.07, 6.45) is -4.01. The van der Waals surface area contributed by atoms with E-state index in [1.54, 1.807) is 0 Å². The van der Waals surface area contributed by atoms with Crippen molar-refractivity contribution in [2.45, 2.75) is 19.0 Å². The van der Waals surface area contributed by atoms with Crippen LogP contribution in [0.2, 0.25) is 0 Å². The van der Waals surface area contributed by atoms with Crippen molar-refractivity contribution in [1.82, 2.24) is 0 Å². The van der Waals surface area contributed by atoms with Crippen LogP contribution in [0.5, 0.6) is 11.5 Å². The highest BCUT2D eigenvalue weighted by Gasteiger charge is 2.44. The first-order chi connectivity index (χ1) is 8.54. The molecular formula is C12H8F3NO2. The molecule has 2 aliphatic rings. The largest absolute Gasteiger partial charge is 0.492 e. The number of hydrogen-bond acceptors (Lipinski definition) is 3. The Labute approximate surface area is 101 Å². The fourth-order valence-electron chi connectivity index (χ4n) is 2.53. The maximum atomic E-state index is 13.1. The molecule has 1 aromatic carbocycles. The van der Waals surface area contributed by atoms with E-state index < -0.39 is 11.7 Å². The van der Waals surface area contributed by atoms with Crippen molar-refractivity contribution in [3.8, 4) is 17.6 Å². The lowest BCUT2D eigenvalue weighted by molar-refractivity contribution is -0.139. The second kappa shape index (κ2) is 3.55. The van der Waals surface area contributed by atoms with Gasteiger partial charge >= 0.3 is 6.18 Å². The van der Waals surface area contributed by atoms with Gasteiger partial charge < -0.3 is 9.47 Å². The van der Waals surface area contributed by atoms with Crippen LogP contribution in [-0.4, -0.2) is 13.2 Å². The van der Waals surface area contributed by atoms with Crippen LogP contribution < -0.4 is 9.47 Å². The molecule has 0 unspecified atom stereocenters. The van der Waals surface area contributed by atoms with Gasteiger partial charge in [0, 0.05) is 24.0 Å².